The van der Waals surface area contributed by atoms with Gasteiger partial charge in [-0.05, 0) is 51.5 Å². The van der Waals surface area contributed by atoms with Gasteiger partial charge in [-0.3, -0.25) is 4.79 Å². The number of hydrogen-bond donors (Lipinski definition) is 0. The molecule has 1 aromatic rings. The molecule has 1 rings (SSSR count). The zero-order valence-electron chi connectivity index (χ0n) is 10.1. The number of ketones is 1. The quantitative estimate of drug-likeness (QED) is 0.737. The third kappa shape index (κ3) is 3.74. The molecule has 0 aromatic heterocycles. The van der Waals surface area contributed by atoms with E-state index in [-0.39, 0.29) is 23.8 Å². The summed E-state index contributed by atoms with van der Waals surface area (Å²) in [7, 11) is 0. The van der Waals surface area contributed by atoms with Crippen molar-refractivity contribution in [2.24, 2.45) is 0 Å². The maximum Gasteiger partial charge on any atom is 0.188 e. The van der Waals surface area contributed by atoms with Crippen molar-refractivity contribution in [1.82, 2.24) is 0 Å². The minimum absolute atomic E-state index is 0.0224. The summed E-state index contributed by atoms with van der Waals surface area (Å²) in [5.74, 6) is -0.425. The van der Waals surface area contributed by atoms with Gasteiger partial charge in [-0.15, -0.1) is 0 Å². The highest BCUT2D eigenvalue weighted by molar-refractivity contribution is 5.97. The fourth-order valence-corrected chi connectivity index (χ4v) is 1.18. The topological polar surface area (TPSA) is 26.3 Å². The van der Waals surface area contributed by atoms with Gasteiger partial charge in [-0.2, -0.15) is 0 Å². The van der Waals surface area contributed by atoms with Gasteiger partial charge in [0.15, 0.2) is 5.78 Å². The van der Waals surface area contributed by atoms with Crippen LogP contribution in [0, 0.1) is 12.7 Å². The van der Waals surface area contributed by atoms with Gasteiger partial charge in [0, 0.05) is 5.56 Å². The van der Waals surface area contributed by atoms with Crippen LogP contribution in [0.1, 0.15) is 36.7 Å². The van der Waals surface area contributed by atoms with E-state index >= 15 is 0 Å². The molecule has 0 amide bonds. The molecule has 0 saturated heterocycles. The SMILES string of the molecule is Cc1cc(C(=O)COC(C)(C)C)ccc1F. The Bertz CT molecular complexity index is 391. The monoisotopic (exact) mass is 224 g/mol. The Labute approximate surface area is 95.4 Å². The second-order valence-electron chi connectivity index (χ2n) is 4.79. The molecule has 0 aliphatic rings. The number of halogens is 1. The highest BCUT2D eigenvalue weighted by Gasteiger charge is 2.14. The average molecular weight is 224 g/mol. The van der Waals surface area contributed by atoms with Crippen molar-refractivity contribution in [2.75, 3.05) is 6.61 Å². The molecule has 3 heteroatoms. The van der Waals surface area contributed by atoms with Crippen LogP contribution in [0.4, 0.5) is 4.39 Å². The lowest BCUT2D eigenvalue weighted by molar-refractivity contribution is 0.00306. The number of rotatable bonds is 3. The Hall–Kier alpha value is -1.22. The first-order chi connectivity index (χ1) is 7.29. The number of carbonyl (C=O) groups excluding carboxylic acids is 1. The van der Waals surface area contributed by atoms with Crippen molar-refractivity contribution in [1.29, 1.82) is 0 Å². The van der Waals surface area contributed by atoms with Gasteiger partial charge in [0.2, 0.25) is 0 Å². The number of ether oxygens (including phenoxy) is 1. The Balaban J connectivity index is 2.70. The van der Waals surface area contributed by atoms with Crippen molar-refractivity contribution < 1.29 is 13.9 Å². The van der Waals surface area contributed by atoms with E-state index in [0.717, 1.165) is 0 Å². The molecule has 0 heterocycles. The highest BCUT2D eigenvalue weighted by atomic mass is 19.1. The molecular formula is C13H17FO2. The van der Waals surface area contributed by atoms with Gasteiger partial charge in [-0.25, -0.2) is 4.39 Å². The number of carbonyl (C=O) groups is 1. The Kier molecular flexibility index (Phi) is 3.81. The molecule has 0 fully saturated rings. The van der Waals surface area contributed by atoms with Crippen LogP contribution in [0.25, 0.3) is 0 Å². The van der Waals surface area contributed by atoms with Crippen LogP contribution in [-0.4, -0.2) is 18.0 Å². The number of hydrogen-bond acceptors (Lipinski definition) is 2. The number of Topliss-reactive ketones (excluding diaryl/α,β-unsaturated/α-hetero) is 1. The van der Waals surface area contributed by atoms with E-state index in [9.17, 15) is 9.18 Å². The van der Waals surface area contributed by atoms with Crippen LogP contribution in [0.5, 0.6) is 0 Å². The lowest BCUT2D eigenvalue weighted by Gasteiger charge is -2.18. The van der Waals surface area contributed by atoms with E-state index in [4.69, 9.17) is 4.74 Å². The molecule has 0 N–H and O–H groups in total. The van der Waals surface area contributed by atoms with Gasteiger partial charge >= 0.3 is 0 Å². The van der Waals surface area contributed by atoms with E-state index < -0.39 is 0 Å². The normalized spacial score (nSPS) is 11.6. The maximum absolute atomic E-state index is 13.0. The summed E-state index contributed by atoms with van der Waals surface area (Å²) in [4.78, 5) is 11.7. The summed E-state index contributed by atoms with van der Waals surface area (Å²) in [6.45, 7) is 7.31. The van der Waals surface area contributed by atoms with E-state index in [1.807, 2.05) is 20.8 Å². The lowest BCUT2D eigenvalue weighted by Crippen LogP contribution is -2.23. The molecule has 0 saturated carbocycles. The van der Waals surface area contributed by atoms with Crippen molar-refractivity contribution in [3.63, 3.8) is 0 Å². The van der Waals surface area contributed by atoms with E-state index in [2.05, 4.69) is 0 Å². The molecule has 16 heavy (non-hydrogen) atoms. The Morgan fingerprint density at radius 2 is 2.00 bits per heavy atom. The fourth-order valence-electron chi connectivity index (χ4n) is 1.18. The molecule has 0 bridgehead atoms. The summed E-state index contributed by atoms with van der Waals surface area (Å²) >= 11 is 0. The minimum Gasteiger partial charge on any atom is -0.368 e. The molecule has 0 spiro atoms. The fraction of sp³-hybridized carbons (Fsp3) is 0.462. The van der Waals surface area contributed by atoms with Crippen molar-refractivity contribution >= 4 is 5.78 Å². The van der Waals surface area contributed by atoms with Gasteiger partial charge in [-0.1, -0.05) is 0 Å². The predicted octanol–water partition coefficient (Wildman–Crippen LogP) is 3.13. The molecule has 1 aromatic carbocycles. The molecule has 0 radical (unpaired) electrons. The summed E-state index contributed by atoms with van der Waals surface area (Å²) in [5, 5.41) is 0. The van der Waals surface area contributed by atoms with Gasteiger partial charge in [0.1, 0.15) is 12.4 Å². The Morgan fingerprint density at radius 1 is 1.38 bits per heavy atom. The maximum atomic E-state index is 13.0. The first-order valence-electron chi connectivity index (χ1n) is 5.23. The second kappa shape index (κ2) is 4.74. The molecular weight excluding hydrogens is 207 g/mol. The molecule has 2 nitrogen and oxygen atoms in total. The smallest absolute Gasteiger partial charge is 0.188 e. The number of benzene rings is 1. The minimum atomic E-state index is -0.343. The van der Waals surface area contributed by atoms with E-state index in [0.29, 0.717) is 11.1 Å². The van der Waals surface area contributed by atoms with Crippen LogP contribution in [0.2, 0.25) is 0 Å². The lowest BCUT2D eigenvalue weighted by atomic mass is 10.1. The summed E-state index contributed by atoms with van der Waals surface area (Å²) in [6.07, 6.45) is 0. The van der Waals surface area contributed by atoms with Crippen molar-refractivity contribution in [2.45, 2.75) is 33.3 Å². The molecule has 0 unspecified atom stereocenters. The zero-order valence-corrected chi connectivity index (χ0v) is 10.1. The van der Waals surface area contributed by atoms with Gasteiger partial charge in [0.25, 0.3) is 0 Å². The second-order valence-corrected chi connectivity index (χ2v) is 4.79. The summed E-state index contributed by atoms with van der Waals surface area (Å²) < 4.78 is 18.4. The zero-order chi connectivity index (χ0) is 12.3. The summed E-state index contributed by atoms with van der Waals surface area (Å²) in [6, 6.07) is 4.33. The first-order valence-corrected chi connectivity index (χ1v) is 5.23. The van der Waals surface area contributed by atoms with Crippen molar-refractivity contribution in [3.8, 4) is 0 Å². The van der Waals surface area contributed by atoms with E-state index in [1.54, 1.807) is 13.0 Å². The predicted molar refractivity (Wildman–Crippen MR) is 61.2 cm³/mol. The highest BCUT2D eigenvalue weighted by Crippen LogP contribution is 2.12. The molecule has 0 aliphatic carbocycles. The van der Waals surface area contributed by atoms with Crippen LogP contribution in [-0.2, 0) is 4.74 Å². The largest absolute Gasteiger partial charge is 0.368 e. The van der Waals surface area contributed by atoms with Crippen molar-refractivity contribution in [3.05, 3.63) is 35.1 Å². The molecule has 0 aliphatic heterocycles. The molecule has 0 atom stereocenters. The Morgan fingerprint density at radius 3 is 2.50 bits per heavy atom. The number of aryl methyl sites for hydroxylation is 1. The summed E-state index contributed by atoms with van der Waals surface area (Å²) in [5.41, 5.74) is 0.620. The first kappa shape index (κ1) is 12.8. The van der Waals surface area contributed by atoms with E-state index in [1.165, 1.54) is 12.1 Å². The molecule has 88 valence electrons. The van der Waals surface area contributed by atoms with Crippen LogP contribution >= 0.6 is 0 Å². The average Bonchev–Trinajstić information content (AvgIpc) is 2.17. The third-order valence-electron chi connectivity index (χ3n) is 2.12. The van der Waals surface area contributed by atoms with Gasteiger partial charge < -0.3 is 4.74 Å². The van der Waals surface area contributed by atoms with Gasteiger partial charge in [0.05, 0.1) is 5.60 Å². The van der Waals surface area contributed by atoms with Crippen LogP contribution in [0.15, 0.2) is 18.2 Å². The standard InChI is InChI=1S/C13H17FO2/c1-9-7-10(5-6-11(9)14)12(15)8-16-13(2,3)4/h5-7H,8H2,1-4H3. The van der Waals surface area contributed by atoms with Crippen LogP contribution in [0.3, 0.4) is 0 Å². The third-order valence-corrected chi connectivity index (χ3v) is 2.12. The van der Waals surface area contributed by atoms with Crippen LogP contribution < -0.4 is 0 Å².